The number of aromatic amines is 1. The van der Waals surface area contributed by atoms with Gasteiger partial charge in [0.2, 0.25) is 0 Å². The molecule has 0 fully saturated rings. The molecule has 0 aliphatic rings. The van der Waals surface area contributed by atoms with Gasteiger partial charge in [-0.2, -0.15) is 0 Å². The SMILES string of the molecule is CCCCc1[nH]cc[n+]1C.[Al+3]. The molecule has 0 atom stereocenters. The largest absolute Gasteiger partial charge is 3.00 e. The monoisotopic (exact) mass is 166 g/mol. The zero-order valence-corrected chi connectivity index (χ0v) is 8.46. The third-order valence-electron chi connectivity index (χ3n) is 1.74. The molecule has 1 rings (SSSR count). The van der Waals surface area contributed by atoms with Crippen LogP contribution >= 0.6 is 0 Å². The van der Waals surface area contributed by atoms with E-state index in [2.05, 4.69) is 23.5 Å². The molecule has 0 saturated carbocycles. The van der Waals surface area contributed by atoms with Crippen molar-refractivity contribution < 1.29 is 4.57 Å². The van der Waals surface area contributed by atoms with Crippen LogP contribution in [-0.4, -0.2) is 22.3 Å². The van der Waals surface area contributed by atoms with Gasteiger partial charge in [0, 0.05) is 6.42 Å². The number of unbranched alkanes of at least 4 members (excludes halogenated alkanes) is 1. The fraction of sp³-hybridized carbons (Fsp3) is 0.625. The van der Waals surface area contributed by atoms with Gasteiger partial charge < -0.3 is 0 Å². The number of H-pyrrole nitrogens is 1. The maximum absolute atomic E-state index is 3.20. The van der Waals surface area contributed by atoms with Crippen molar-refractivity contribution in [3.8, 4) is 0 Å². The number of rotatable bonds is 3. The molecule has 1 aromatic rings. The molecule has 1 heterocycles. The summed E-state index contributed by atoms with van der Waals surface area (Å²) >= 11 is 0. The fourth-order valence-electron chi connectivity index (χ4n) is 1.03. The van der Waals surface area contributed by atoms with Gasteiger partial charge in [-0.1, -0.05) is 13.3 Å². The Balaban J connectivity index is 0.000001000. The summed E-state index contributed by atoms with van der Waals surface area (Å²) in [5, 5.41) is 0. The van der Waals surface area contributed by atoms with E-state index in [9.17, 15) is 0 Å². The second kappa shape index (κ2) is 5.40. The van der Waals surface area contributed by atoms with E-state index in [0.29, 0.717) is 0 Å². The minimum Gasteiger partial charge on any atom is -0.248 e. The van der Waals surface area contributed by atoms with Gasteiger partial charge in [-0.05, 0) is 6.42 Å². The van der Waals surface area contributed by atoms with Crippen molar-refractivity contribution in [1.29, 1.82) is 0 Å². The van der Waals surface area contributed by atoms with Crippen molar-refractivity contribution >= 4 is 17.4 Å². The Hall–Kier alpha value is -0.258. The molecule has 3 heteroatoms. The molecule has 0 aliphatic carbocycles. The first kappa shape index (κ1) is 10.7. The van der Waals surface area contributed by atoms with Crippen molar-refractivity contribution in [3.63, 3.8) is 0 Å². The second-order valence-electron chi connectivity index (χ2n) is 2.62. The topological polar surface area (TPSA) is 19.7 Å². The van der Waals surface area contributed by atoms with Crippen LogP contribution in [0.3, 0.4) is 0 Å². The standard InChI is InChI=1S/C8H14N2.Al/c1-3-4-5-8-9-6-7-10(8)2;/h6-7H,3-5H2,1-2H3;/q;+3/p+1. The van der Waals surface area contributed by atoms with E-state index >= 15 is 0 Å². The molecule has 0 bridgehead atoms. The molecule has 2 nitrogen and oxygen atoms in total. The fourth-order valence-corrected chi connectivity index (χ4v) is 1.03. The van der Waals surface area contributed by atoms with Gasteiger partial charge in [-0.25, -0.2) is 9.55 Å². The number of aromatic nitrogens is 2. The molecule has 11 heavy (non-hydrogen) atoms. The summed E-state index contributed by atoms with van der Waals surface area (Å²) in [4.78, 5) is 3.20. The second-order valence-corrected chi connectivity index (χ2v) is 2.62. The predicted molar refractivity (Wildman–Crippen MR) is 46.3 cm³/mol. The first-order chi connectivity index (χ1) is 4.84. The van der Waals surface area contributed by atoms with Gasteiger partial charge in [0.1, 0.15) is 12.4 Å². The molecule has 0 spiro atoms. The molecule has 1 aromatic heterocycles. The van der Waals surface area contributed by atoms with Crippen LogP contribution < -0.4 is 4.57 Å². The van der Waals surface area contributed by atoms with E-state index in [1.807, 2.05) is 12.4 Å². The van der Waals surface area contributed by atoms with Crippen molar-refractivity contribution in [2.45, 2.75) is 26.2 Å². The molecule has 0 aliphatic heterocycles. The van der Waals surface area contributed by atoms with Gasteiger partial charge in [-0.15, -0.1) is 0 Å². The van der Waals surface area contributed by atoms with Gasteiger partial charge in [-0.3, -0.25) is 0 Å². The van der Waals surface area contributed by atoms with Gasteiger partial charge in [0.05, 0.1) is 7.05 Å². The van der Waals surface area contributed by atoms with Crippen LogP contribution in [0.25, 0.3) is 0 Å². The number of hydrogen-bond acceptors (Lipinski definition) is 0. The molecule has 56 valence electrons. The molecule has 0 radical (unpaired) electrons. The summed E-state index contributed by atoms with van der Waals surface area (Å²) in [7, 11) is 2.07. The summed E-state index contributed by atoms with van der Waals surface area (Å²) in [6.45, 7) is 2.21. The first-order valence-corrected chi connectivity index (χ1v) is 3.86. The maximum Gasteiger partial charge on any atom is 3.00 e. The van der Waals surface area contributed by atoms with Crippen LogP contribution in [0.4, 0.5) is 0 Å². The number of nitrogens with one attached hydrogen (secondary N) is 1. The van der Waals surface area contributed by atoms with E-state index in [1.54, 1.807) is 0 Å². The minimum absolute atomic E-state index is 0. The summed E-state index contributed by atoms with van der Waals surface area (Å²) in [5.41, 5.74) is 0. The molecule has 0 saturated heterocycles. The van der Waals surface area contributed by atoms with Crippen LogP contribution in [-0.2, 0) is 13.5 Å². The quantitative estimate of drug-likeness (QED) is 0.506. The van der Waals surface area contributed by atoms with Gasteiger partial charge in [0.15, 0.2) is 0 Å². The van der Waals surface area contributed by atoms with Crippen molar-refractivity contribution in [2.24, 2.45) is 7.05 Å². The van der Waals surface area contributed by atoms with Crippen LogP contribution in [0, 0.1) is 0 Å². The summed E-state index contributed by atoms with van der Waals surface area (Å²) < 4.78 is 2.13. The Morgan fingerprint density at radius 2 is 2.27 bits per heavy atom. The third-order valence-corrected chi connectivity index (χ3v) is 1.74. The Bertz CT molecular complexity index is 196. The molecule has 1 N–H and O–H groups in total. The number of imidazole rings is 1. The number of aryl methyl sites for hydroxylation is 2. The Kier molecular flexibility index (Phi) is 5.27. The Labute approximate surface area is 78.8 Å². The van der Waals surface area contributed by atoms with E-state index in [1.165, 1.54) is 25.1 Å². The average molecular weight is 166 g/mol. The predicted octanol–water partition coefficient (Wildman–Crippen LogP) is 0.801. The molecular formula is C8H15AlN2+4. The first-order valence-electron chi connectivity index (χ1n) is 3.86. The van der Waals surface area contributed by atoms with Crippen LogP contribution in [0.2, 0.25) is 0 Å². The van der Waals surface area contributed by atoms with E-state index in [4.69, 9.17) is 0 Å². The van der Waals surface area contributed by atoms with Crippen molar-refractivity contribution in [2.75, 3.05) is 0 Å². The summed E-state index contributed by atoms with van der Waals surface area (Å²) in [6.07, 6.45) is 7.73. The van der Waals surface area contributed by atoms with Gasteiger partial charge in [0.25, 0.3) is 5.82 Å². The van der Waals surface area contributed by atoms with E-state index in [0.717, 1.165) is 0 Å². The molecule has 0 amide bonds. The van der Waals surface area contributed by atoms with E-state index in [-0.39, 0.29) is 17.4 Å². The number of hydrogen-bond donors (Lipinski definition) is 1. The number of nitrogens with zero attached hydrogens (tertiary/aromatic N) is 1. The minimum atomic E-state index is 0. The molecular weight excluding hydrogens is 151 g/mol. The third kappa shape index (κ3) is 3.09. The normalized spacial score (nSPS) is 9.27. The smallest absolute Gasteiger partial charge is 0.248 e. The Morgan fingerprint density at radius 1 is 1.55 bits per heavy atom. The molecule has 0 unspecified atom stereocenters. The van der Waals surface area contributed by atoms with Crippen molar-refractivity contribution in [3.05, 3.63) is 18.2 Å². The average Bonchev–Trinajstić information content (AvgIpc) is 2.31. The van der Waals surface area contributed by atoms with Gasteiger partial charge >= 0.3 is 17.4 Å². The van der Waals surface area contributed by atoms with Crippen LogP contribution in [0.1, 0.15) is 25.6 Å². The summed E-state index contributed by atoms with van der Waals surface area (Å²) in [6, 6.07) is 0. The zero-order chi connectivity index (χ0) is 7.40. The Morgan fingerprint density at radius 3 is 2.73 bits per heavy atom. The zero-order valence-electron chi connectivity index (χ0n) is 7.30. The summed E-state index contributed by atoms with van der Waals surface area (Å²) in [5.74, 6) is 1.32. The van der Waals surface area contributed by atoms with Crippen molar-refractivity contribution in [1.82, 2.24) is 4.98 Å². The van der Waals surface area contributed by atoms with E-state index < -0.39 is 0 Å². The van der Waals surface area contributed by atoms with Crippen LogP contribution in [0.15, 0.2) is 12.4 Å². The molecule has 0 aromatic carbocycles. The maximum atomic E-state index is 3.20. The van der Waals surface area contributed by atoms with Crippen LogP contribution in [0.5, 0.6) is 0 Å².